The van der Waals surface area contributed by atoms with Crippen molar-refractivity contribution in [3.8, 4) is 0 Å². The van der Waals surface area contributed by atoms with E-state index in [2.05, 4.69) is 4.98 Å². The molecule has 2 atom stereocenters. The van der Waals surface area contributed by atoms with Gasteiger partial charge in [-0.05, 0) is 5.56 Å². The highest BCUT2D eigenvalue weighted by atomic mass is 19.3. The first-order valence-corrected chi connectivity index (χ1v) is 7.27. The number of alkyl halides is 2. The van der Waals surface area contributed by atoms with Crippen LogP contribution in [0.15, 0.2) is 42.7 Å². The Kier molecular flexibility index (Phi) is 5.44. The molecule has 0 aliphatic heterocycles. The molecule has 1 heterocycles. The summed E-state index contributed by atoms with van der Waals surface area (Å²) in [5.41, 5.74) is 7.00. The lowest BCUT2D eigenvalue weighted by molar-refractivity contribution is -0.135. The molecule has 0 saturated heterocycles. The van der Waals surface area contributed by atoms with Gasteiger partial charge in [0.05, 0.1) is 12.5 Å². The Labute approximate surface area is 133 Å². The van der Waals surface area contributed by atoms with Crippen LogP contribution >= 0.6 is 0 Å². The van der Waals surface area contributed by atoms with Gasteiger partial charge in [0.1, 0.15) is 5.82 Å². The number of aromatic nitrogens is 2. The second-order valence-corrected chi connectivity index (χ2v) is 5.45. The first-order valence-electron chi connectivity index (χ1n) is 7.27. The van der Waals surface area contributed by atoms with Gasteiger partial charge in [0.15, 0.2) is 0 Å². The van der Waals surface area contributed by atoms with Crippen LogP contribution in [0.4, 0.5) is 8.78 Å². The molecule has 1 aromatic carbocycles. The number of imidazole rings is 1. The lowest BCUT2D eigenvalue weighted by Gasteiger charge is -2.25. The minimum Gasteiger partial charge on any atom is -0.338 e. The average molecular weight is 322 g/mol. The number of carbonyl (C=O) groups excluding carboxylic acids is 1. The number of nitrogens with zero attached hydrogens (tertiary/aromatic N) is 3. The first kappa shape index (κ1) is 17.1. The molecule has 7 heteroatoms. The molecule has 0 aliphatic rings. The van der Waals surface area contributed by atoms with Crippen molar-refractivity contribution in [2.75, 3.05) is 7.05 Å². The van der Waals surface area contributed by atoms with Gasteiger partial charge in [-0.3, -0.25) is 9.36 Å². The molecule has 0 fully saturated rings. The Morgan fingerprint density at radius 2 is 2.00 bits per heavy atom. The Balaban J connectivity index is 2.05. The fourth-order valence-electron chi connectivity index (χ4n) is 2.40. The molecule has 2 unspecified atom stereocenters. The second kappa shape index (κ2) is 7.32. The zero-order valence-electron chi connectivity index (χ0n) is 13.1. The minimum atomic E-state index is -2.68. The molecule has 2 rings (SSSR count). The maximum atomic E-state index is 12.8. The van der Waals surface area contributed by atoms with E-state index in [0.29, 0.717) is 0 Å². The Hall–Kier alpha value is -2.28. The summed E-state index contributed by atoms with van der Waals surface area (Å²) in [4.78, 5) is 17.7. The van der Waals surface area contributed by atoms with Crippen LogP contribution in [0, 0.1) is 5.92 Å². The number of carbonyl (C=O) groups is 1. The fraction of sp³-hybridized carbons (Fsp3) is 0.375. The molecule has 124 valence electrons. The summed E-state index contributed by atoms with van der Waals surface area (Å²) in [6.45, 7) is -0.946. The number of nitrogens with two attached hydrogens (primary N) is 1. The average Bonchev–Trinajstić information content (AvgIpc) is 3.01. The van der Waals surface area contributed by atoms with Crippen molar-refractivity contribution in [1.82, 2.24) is 14.5 Å². The monoisotopic (exact) mass is 322 g/mol. The van der Waals surface area contributed by atoms with Crippen LogP contribution in [-0.2, 0) is 11.3 Å². The van der Waals surface area contributed by atoms with Gasteiger partial charge in [-0.2, -0.15) is 8.78 Å². The van der Waals surface area contributed by atoms with E-state index >= 15 is 0 Å². The summed E-state index contributed by atoms with van der Waals surface area (Å²) in [5, 5.41) is 0. The van der Waals surface area contributed by atoms with E-state index in [0.717, 1.165) is 10.1 Å². The van der Waals surface area contributed by atoms with Crippen LogP contribution in [0.5, 0.6) is 0 Å². The molecular weight excluding hydrogens is 302 g/mol. The summed E-state index contributed by atoms with van der Waals surface area (Å²) < 4.78 is 26.4. The molecule has 23 heavy (non-hydrogen) atoms. The van der Waals surface area contributed by atoms with E-state index in [-0.39, 0.29) is 18.3 Å². The first-order chi connectivity index (χ1) is 10.9. The van der Waals surface area contributed by atoms with Gasteiger partial charge >= 0.3 is 6.55 Å². The van der Waals surface area contributed by atoms with Crippen LogP contribution < -0.4 is 5.73 Å². The van der Waals surface area contributed by atoms with Crippen molar-refractivity contribution < 1.29 is 13.6 Å². The van der Waals surface area contributed by atoms with Gasteiger partial charge < -0.3 is 10.6 Å². The molecular formula is C16H20F2N4O. The Morgan fingerprint density at radius 3 is 2.61 bits per heavy atom. The van der Waals surface area contributed by atoms with Crippen LogP contribution in [0.3, 0.4) is 0 Å². The fourth-order valence-corrected chi connectivity index (χ4v) is 2.40. The highest BCUT2D eigenvalue weighted by Gasteiger charge is 2.26. The third-order valence-corrected chi connectivity index (χ3v) is 3.83. The van der Waals surface area contributed by atoms with Crippen molar-refractivity contribution in [2.24, 2.45) is 11.7 Å². The van der Waals surface area contributed by atoms with Crippen LogP contribution in [0.2, 0.25) is 0 Å². The van der Waals surface area contributed by atoms with Gasteiger partial charge in [0.25, 0.3) is 0 Å². The summed E-state index contributed by atoms with van der Waals surface area (Å²) in [5.74, 6) is -0.557. The molecule has 2 N–H and O–H groups in total. The predicted octanol–water partition coefficient (Wildman–Crippen LogP) is 2.57. The van der Waals surface area contributed by atoms with E-state index < -0.39 is 18.5 Å². The Morgan fingerprint density at radius 1 is 1.35 bits per heavy atom. The normalized spacial score (nSPS) is 13.8. The number of amides is 1. The van der Waals surface area contributed by atoms with E-state index in [4.69, 9.17) is 5.73 Å². The highest BCUT2D eigenvalue weighted by Crippen LogP contribution is 2.21. The smallest absolute Gasteiger partial charge is 0.319 e. The summed E-state index contributed by atoms with van der Waals surface area (Å²) in [6.07, 6.45) is 2.48. The number of hydrogen-bond donors (Lipinski definition) is 1. The van der Waals surface area contributed by atoms with E-state index in [9.17, 15) is 13.6 Å². The molecule has 0 aliphatic carbocycles. The van der Waals surface area contributed by atoms with Gasteiger partial charge in [-0.25, -0.2) is 4.98 Å². The molecule has 0 spiro atoms. The van der Waals surface area contributed by atoms with Gasteiger partial charge in [-0.15, -0.1) is 0 Å². The van der Waals surface area contributed by atoms with Crippen molar-refractivity contribution in [3.63, 3.8) is 0 Å². The molecule has 0 saturated carbocycles. The summed E-state index contributed by atoms with van der Waals surface area (Å²) >= 11 is 0. The number of hydrogen-bond acceptors (Lipinski definition) is 3. The lowest BCUT2D eigenvalue weighted by Crippen LogP contribution is -2.37. The largest absolute Gasteiger partial charge is 0.338 e. The summed E-state index contributed by atoms with van der Waals surface area (Å²) in [7, 11) is 1.56. The second-order valence-electron chi connectivity index (χ2n) is 5.45. The quantitative estimate of drug-likeness (QED) is 0.889. The van der Waals surface area contributed by atoms with Crippen LogP contribution in [0.25, 0.3) is 0 Å². The van der Waals surface area contributed by atoms with Crippen molar-refractivity contribution in [1.29, 1.82) is 0 Å². The third-order valence-electron chi connectivity index (χ3n) is 3.83. The topological polar surface area (TPSA) is 64.2 Å². The van der Waals surface area contributed by atoms with Crippen molar-refractivity contribution in [3.05, 3.63) is 54.1 Å². The Bertz CT molecular complexity index is 645. The van der Waals surface area contributed by atoms with Crippen LogP contribution in [0.1, 0.15) is 30.9 Å². The maximum absolute atomic E-state index is 12.8. The molecule has 0 bridgehead atoms. The lowest BCUT2D eigenvalue weighted by atomic mass is 9.94. The van der Waals surface area contributed by atoms with Crippen molar-refractivity contribution in [2.45, 2.75) is 26.1 Å². The maximum Gasteiger partial charge on any atom is 0.319 e. The third kappa shape index (κ3) is 3.92. The molecule has 1 aromatic heterocycles. The number of rotatable bonds is 6. The number of halogens is 2. The van der Waals surface area contributed by atoms with E-state index in [1.165, 1.54) is 17.3 Å². The minimum absolute atomic E-state index is 0.00201. The highest BCUT2D eigenvalue weighted by molar-refractivity contribution is 5.79. The van der Waals surface area contributed by atoms with Gasteiger partial charge in [0, 0.05) is 25.5 Å². The van der Waals surface area contributed by atoms with Gasteiger partial charge in [0.2, 0.25) is 5.91 Å². The van der Waals surface area contributed by atoms with Gasteiger partial charge in [-0.1, -0.05) is 37.3 Å². The SMILES string of the molecule is CC(C(=O)N(C)Cc1nccn1C(F)F)C(N)c1ccccc1. The standard InChI is InChI=1S/C16H20F2N4O/c1-11(14(19)12-6-4-3-5-7-12)15(23)21(2)10-13-20-8-9-22(13)16(17)18/h3-9,11,14,16H,10,19H2,1-2H3. The van der Waals surface area contributed by atoms with Crippen LogP contribution in [-0.4, -0.2) is 27.4 Å². The molecule has 5 nitrogen and oxygen atoms in total. The molecule has 0 radical (unpaired) electrons. The zero-order valence-corrected chi connectivity index (χ0v) is 13.1. The predicted molar refractivity (Wildman–Crippen MR) is 82.5 cm³/mol. The zero-order chi connectivity index (χ0) is 17.0. The summed E-state index contributed by atoms with van der Waals surface area (Å²) in [6, 6.07) is 8.85. The molecule has 2 aromatic rings. The van der Waals surface area contributed by atoms with E-state index in [1.807, 2.05) is 30.3 Å². The van der Waals surface area contributed by atoms with E-state index in [1.54, 1.807) is 14.0 Å². The number of benzene rings is 1. The molecule has 1 amide bonds. The van der Waals surface area contributed by atoms with Crippen molar-refractivity contribution >= 4 is 5.91 Å².